The van der Waals surface area contributed by atoms with E-state index in [1.165, 1.54) is 6.07 Å². The highest BCUT2D eigenvalue weighted by Crippen LogP contribution is 2.17. The number of benzene rings is 1. The summed E-state index contributed by atoms with van der Waals surface area (Å²) in [5, 5.41) is 3.35. The molecular weight excluding hydrogens is 243 g/mol. The Morgan fingerprint density at radius 2 is 2.21 bits per heavy atom. The van der Waals surface area contributed by atoms with Gasteiger partial charge >= 0.3 is 0 Å². The second-order valence-corrected chi connectivity index (χ2v) is 5.31. The van der Waals surface area contributed by atoms with Gasteiger partial charge in [-0.05, 0) is 26.6 Å². The predicted octanol–water partition coefficient (Wildman–Crippen LogP) is 1.88. The van der Waals surface area contributed by atoms with Gasteiger partial charge in [0.15, 0.2) is 0 Å². The fraction of sp³-hybridized carbons (Fsp3) is 0.600. The van der Waals surface area contributed by atoms with Gasteiger partial charge in [0.25, 0.3) is 0 Å². The summed E-state index contributed by atoms with van der Waals surface area (Å²) in [6, 6.07) is 7.47. The summed E-state index contributed by atoms with van der Waals surface area (Å²) in [6.07, 6.45) is 1.05. The number of hydrogen-bond donors (Lipinski definition) is 1. The van der Waals surface area contributed by atoms with Crippen molar-refractivity contribution in [1.82, 2.24) is 10.2 Å². The first kappa shape index (κ1) is 14.4. The molecule has 2 rings (SSSR count). The third-order valence-corrected chi connectivity index (χ3v) is 3.79. The van der Waals surface area contributed by atoms with Crippen molar-refractivity contribution in [2.75, 3.05) is 33.9 Å². The van der Waals surface area contributed by atoms with Gasteiger partial charge in [0.1, 0.15) is 5.82 Å². The van der Waals surface area contributed by atoms with Crippen LogP contribution < -0.4 is 5.32 Å². The van der Waals surface area contributed by atoms with Crippen LogP contribution in [0, 0.1) is 11.7 Å². The molecule has 0 aromatic heterocycles. The van der Waals surface area contributed by atoms with Gasteiger partial charge in [-0.3, -0.25) is 0 Å². The predicted molar refractivity (Wildman–Crippen MR) is 74.5 cm³/mol. The first-order valence-corrected chi connectivity index (χ1v) is 6.87. The van der Waals surface area contributed by atoms with Crippen LogP contribution >= 0.6 is 0 Å². The highest BCUT2D eigenvalue weighted by molar-refractivity contribution is 5.17. The van der Waals surface area contributed by atoms with E-state index in [4.69, 9.17) is 4.74 Å². The van der Waals surface area contributed by atoms with Crippen LogP contribution in [0.25, 0.3) is 0 Å². The Kier molecular flexibility index (Phi) is 5.31. The summed E-state index contributed by atoms with van der Waals surface area (Å²) in [5.74, 6) is 0.343. The molecule has 1 aromatic carbocycles. The molecule has 1 aromatic rings. The van der Waals surface area contributed by atoms with E-state index in [0.717, 1.165) is 31.7 Å². The molecule has 0 bridgehead atoms. The fourth-order valence-electron chi connectivity index (χ4n) is 2.74. The van der Waals surface area contributed by atoms with Crippen molar-refractivity contribution in [2.24, 2.45) is 5.92 Å². The molecule has 2 unspecified atom stereocenters. The summed E-state index contributed by atoms with van der Waals surface area (Å²) < 4.78 is 19.2. The maximum Gasteiger partial charge on any atom is 0.127 e. The van der Waals surface area contributed by atoms with Crippen molar-refractivity contribution < 1.29 is 9.13 Å². The minimum atomic E-state index is -0.126. The average Bonchev–Trinajstić information content (AvgIpc) is 2.42. The molecule has 0 spiro atoms. The van der Waals surface area contributed by atoms with Crippen LogP contribution in [-0.4, -0.2) is 44.8 Å². The van der Waals surface area contributed by atoms with Gasteiger partial charge in [-0.2, -0.15) is 0 Å². The SMILES string of the molecule is CNC1CCOCC1CN(C)Cc1ccccc1F. The zero-order chi connectivity index (χ0) is 13.7. The van der Waals surface area contributed by atoms with E-state index in [1.54, 1.807) is 6.07 Å². The minimum Gasteiger partial charge on any atom is -0.381 e. The van der Waals surface area contributed by atoms with Crippen LogP contribution in [0.1, 0.15) is 12.0 Å². The van der Waals surface area contributed by atoms with E-state index in [0.29, 0.717) is 18.5 Å². The van der Waals surface area contributed by atoms with Gasteiger partial charge in [0.05, 0.1) is 6.61 Å². The van der Waals surface area contributed by atoms with Crippen molar-refractivity contribution in [1.29, 1.82) is 0 Å². The molecule has 0 aliphatic carbocycles. The number of ether oxygens (including phenoxy) is 1. The number of halogens is 1. The molecule has 3 nitrogen and oxygen atoms in total. The Bertz CT molecular complexity index is 399. The number of rotatable bonds is 5. The fourth-order valence-corrected chi connectivity index (χ4v) is 2.74. The van der Waals surface area contributed by atoms with Crippen LogP contribution in [0.4, 0.5) is 4.39 Å². The highest BCUT2D eigenvalue weighted by atomic mass is 19.1. The minimum absolute atomic E-state index is 0.126. The summed E-state index contributed by atoms with van der Waals surface area (Å²) in [4.78, 5) is 2.17. The Labute approximate surface area is 114 Å². The topological polar surface area (TPSA) is 24.5 Å². The van der Waals surface area contributed by atoms with Crippen LogP contribution in [0.15, 0.2) is 24.3 Å². The third kappa shape index (κ3) is 4.00. The lowest BCUT2D eigenvalue weighted by molar-refractivity contribution is 0.0207. The van der Waals surface area contributed by atoms with Gasteiger partial charge in [-0.25, -0.2) is 4.39 Å². The van der Waals surface area contributed by atoms with Crippen molar-refractivity contribution in [3.8, 4) is 0 Å². The molecule has 1 saturated heterocycles. The molecular formula is C15H23FN2O. The van der Waals surface area contributed by atoms with E-state index in [9.17, 15) is 4.39 Å². The zero-order valence-corrected chi connectivity index (χ0v) is 11.7. The highest BCUT2D eigenvalue weighted by Gasteiger charge is 2.25. The first-order chi connectivity index (χ1) is 9.20. The average molecular weight is 266 g/mol. The van der Waals surface area contributed by atoms with Crippen molar-refractivity contribution in [2.45, 2.75) is 19.0 Å². The third-order valence-electron chi connectivity index (χ3n) is 3.79. The number of nitrogens with one attached hydrogen (secondary N) is 1. The smallest absolute Gasteiger partial charge is 0.127 e. The summed E-state index contributed by atoms with van der Waals surface area (Å²) in [6.45, 7) is 3.17. The zero-order valence-electron chi connectivity index (χ0n) is 11.7. The second kappa shape index (κ2) is 6.98. The van der Waals surface area contributed by atoms with E-state index >= 15 is 0 Å². The normalized spacial score (nSPS) is 23.8. The molecule has 0 radical (unpaired) electrons. The van der Waals surface area contributed by atoms with E-state index < -0.39 is 0 Å². The van der Waals surface area contributed by atoms with Gasteiger partial charge in [-0.1, -0.05) is 18.2 Å². The molecule has 2 atom stereocenters. The summed E-state index contributed by atoms with van der Waals surface area (Å²) in [7, 11) is 4.04. The van der Waals surface area contributed by atoms with Gasteiger partial charge < -0.3 is 15.0 Å². The number of hydrogen-bond acceptors (Lipinski definition) is 3. The van der Waals surface area contributed by atoms with Crippen molar-refractivity contribution >= 4 is 0 Å². The summed E-state index contributed by atoms with van der Waals surface area (Å²) in [5.41, 5.74) is 0.753. The lowest BCUT2D eigenvalue weighted by Gasteiger charge is -2.34. The van der Waals surface area contributed by atoms with Crippen LogP contribution in [0.3, 0.4) is 0 Å². The van der Waals surface area contributed by atoms with Crippen LogP contribution in [0.2, 0.25) is 0 Å². The Morgan fingerprint density at radius 1 is 1.42 bits per heavy atom. The molecule has 0 amide bonds. The molecule has 4 heteroatoms. The van der Waals surface area contributed by atoms with Gasteiger partial charge in [0, 0.05) is 37.2 Å². The van der Waals surface area contributed by atoms with Crippen molar-refractivity contribution in [3.05, 3.63) is 35.6 Å². The Hall–Kier alpha value is -0.970. The Balaban J connectivity index is 1.90. The van der Waals surface area contributed by atoms with E-state index in [2.05, 4.69) is 10.2 Å². The van der Waals surface area contributed by atoms with Crippen LogP contribution in [-0.2, 0) is 11.3 Å². The number of nitrogens with zero attached hydrogens (tertiary/aromatic N) is 1. The first-order valence-electron chi connectivity index (χ1n) is 6.87. The quantitative estimate of drug-likeness (QED) is 0.880. The van der Waals surface area contributed by atoms with E-state index in [1.807, 2.05) is 26.2 Å². The standard InChI is InChI=1S/C15H23FN2O/c1-17-15-7-8-19-11-13(15)10-18(2)9-12-5-3-4-6-14(12)16/h3-6,13,15,17H,7-11H2,1-2H3. The molecule has 0 saturated carbocycles. The Morgan fingerprint density at radius 3 is 2.95 bits per heavy atom. The molecule has 1 N–H and O–H groups in total. The lowest BCUT2D eigenvalue weighted by atomic mass is 9.95. The van der Waals surface area contributed by atoms with Crippen molar-refractivity contribution in [3.63, 3.8) is 0 Å². The monoisotopic (exact) mass is 266 g/mol. The molecule has 1 heterocycles. The maximum atomic E-state index is 13.6. The second-order valence-electron chi connectivity index (χ2n) is 5.31. The molecule has 1 fully saturated rings. The molecule has 1 aliphatic heterocycles. The lowest BCUT2D eigenvalue weighted by Crippen LogP contribution is -2.45. The maximum absolute atomic E-state index is 13.6. The molecule has 1 aliphatic rings. The molecule has 106 valence electrons. The van der Waals surface area contributed by atoms with Gasteiger partial charge in [0.2, 0.25) is 0 Å². The molecule has 19 heavy (non-hydrogen) atoms. The van der Waals surface area contributed by atoms with Gasteiger partial charge in [-0.15, -0.1) is 0 Å². The summed E-state index contributed by atoms with van der Waals surface area (Å²) >= 11 is 0. The largest absolute Gasteiger partial charge is 0.381 e. The van der Waals surface area contributed by atoms with E-state index in [-0.39, 0.29) is 5.82 Å². The van der Waals surface area contributed by atoms with Crippen LogP contribution in [0.5, 0.6) is 0 Å².